The molecular weight excluding hydrogens is 420 g/mol. The third kappa shape index (κ3) is 4.44. The number of anilines is 1. The Morgan fingerprint density at radius 1 is 1.19 bits per heavy atom. The first-order valence-electron chi connectivity index (χ1n) is 7.82. The lowest BCUT2D eigenvalue weighted by molar-refractivity contribution is -0.116. The van der Waals surface area contributed by atoms with Gasteiger partial charge in [0.05, 0.1) is 13.7 Å². The molecule has 0 aliphatic carbocycles. The Morgan fingerprint density at radius 2 is 1.81 bits per heavy atom. The van der Waals surface area contributed by atoms with E-state index in [0.29, 0.717) is 10.2 Å². The van der Waals surface area contributed by atoms with Gasteiger partial charge in [-0.2, -0.15) is 4.31 Å². The van der Waals surface area contributed by atoms with Crippen LogP contribution in [0.5, 0.6) is 5.75 Å². The smallest absolute Gasteiger partial charge is 0.247 e. The number of para-hydroxylation sites is 1. The third-order valence-electron chi connectivity index (χ3n) is 3.93. The van der Waals surface area contributed by atoms with Gasteiger partial charge in [0.15, 0.2) is 0 Å². The van der Waals surface area contributed by atoms with Crippen LogP contribution >= 0.6 is 15.9 Å². The molecule has 0 atom stereocenters. The van der Waals surface area contributed by atoms with Crippen molar-refractivity contribution in [1.82, 2.24) is 4.31 Å². The first kappa shape index (κ1) is 20.4. The fourth-order valence-corrected chi connectivity index (χ4v) is 4.31. The van der Waals surface area contributed by atoms with E-state index in [1.165, 1.54) is 20.2 Å². The summed E-state index contributed by atoms with van der Waals surface area (Å²) in [5.74, 6) is -0.197. The molecule has 0 unspecified atom stereocenters. The first-order valence-corrected chi connectivity index (χ1v) is 10.1. The number of halogens is 1. The SMILES string of the molecule is COc1ccc(Br)cc1S(=O)(=O)N(C)CC(=O)Nc1c(C)cccc1C. The highest BCUT2D eigenvalue weighted by Gasteiger charge is 2.27. The van der Waals surface area contributed by atoms with Gasteiger partial charge in [-0.1, -0.05) is 34.1 Å². The Morgan fingerprint density at radius 3 is 2.38 bits per heavy atom. The summed E-state index contributed by atoms with van der Waals surface area (Å²) in [5, 5.41) is 2.79. The molecule has 8 heteroatoms. The number of methoxy groups -OCH3 is 1. The van der Waals surface area contributed by atoms with E-state index in [4.69, 9.17) is 4.74 Å². The molecule has 1 amide bonds. The van der Waals surface area contributed by atoms with Crippen molar-refractivity contribution in [2.24, 2.45) is 0 Å². The van der Waals surface area contributed by atoms with E-state index in [-0.39, 0.29) is 17.2 Å². The fourth-order valence-electron chi connectivity index (χ4n) is 2.50. The van der Waals surface area contributed by atoms with Gasteiger partial charge in [-0.25, -0.2) is 8.42 Å². The molecule has 0 fully saturated rings. The van der Waals surface area contributed by atoms with Crippen molar-refractivity contribution in [3.05, 3.63) is 52.0 Å². The Bertz CT molecular complexity index is 909. The lowest BCUT2D eigenvalue weighted by atomic mass is 10.1. The van der Waals surface area contributed by atoms with Crippen LogP contribution in [0.25, 0.3) is 0 Å². The summed E-state index contributed by atoms with van der Waals surface area (Å²) in [5.41, 5.74) is 2.53. The van der Waals surface area contributed by atoms with Crippen molar-refractivity contribution in [1.29, 1.82) is 0 Å². The molecule has 0 spiro atoms. The van der Waals surface area contributed by atoms with E-state index < -0.39 is 15.9 Å². The average molecular weight is 441 g/mol. The summed E-state index contributed by atoms with van der Waals surface area (Å²) in [4.78, 5) is 12.4. The first-order chi connectivity index (χ1) is 12.2. The second-order valence-corrected chi connectivity index (χ2v) is 8.80. The van der Waals surface area contributed by atoms with Crippen molar-refractivity contribution < 1.29 is 17.9 Å². The highest BCUT2D eigenvalue weighted by atomic mass is 79.9. The topological polar surface area (TPSA) is 75.7 Å². The van der Waals surface area contributed by atoms with Gasteiger partial charge >= 0.3 is 0 Å². The zero-order valence-electron chi connectivity index (χ0n) is 15.0. The molecule has 0 radical (unpaired) electrons. The Labute approximate surface area is 162 Å². The number of nitrogens with zero attached hydrogens (tertiary/aromatic N) is 1. The van der Waals surface area contributed by atoms with Crippen molar-refractivity contribution in [2.45, 2.75) is 18.7 Å². The fraction of sp³-hybridized carbons (Fsp3) is 0.278. The minimum absolute atomic E-state index is 0.00301. The van der Waals surface area contributed by atoms with Crippen LogP contribution in [0.1, 0.15) is 11.1 Å². The molecule has 2 aromatic rings. The number of nitrogens with one attached hydrogen (secondary N) is 1. The monoisotopic (exact) mass is 440 g/mol. The molecule has 0 saturated carbocycles. The van der Waals surface area contributed by atoms with Crippen LogP contribution in [0.2, 0.25) is 0 Å². The number of amides is 1. The van der Waals surface area contributed by atoms with Crippen LogP contribution in [-0.4, -0.2) is 39.3 Å². The molecule has 140 valence electrons. The molecule has 2 aromatic carbocycles. The van der Waals surface area contributed by atoms with E-state index in [1.807, 2.05) is 32.0 Å². The van der Waals surface area contributed by atoms with Gasteiger partial charge in [0.2, 0.25) is 15.9 Å². The van der Waals surface area contributed by atoms with Gasteiger partial charge in [-0.05, 0) is 43.2 Å². The summed E-state index contributed by atoms with van der Waals surface area (Å²) in [7, 11) is -1.13. The lowest BCUT2D eigenvalue weighted by Crippen LogP contribution is -2.35. The van der Waals surface area contributed by atoms with Gasteiger partial charge in [0.1, 0.15) is 10.6 Å². The van der Waals surface area contributed by atoms with Gasteiger partial charge in [-0.3, -0.25) is 4.79 Å². The maximum absolute atomic E-state index is 12.8. The number of carbonyl (C=O) groups excluding carboxylic acids is 1. The number of hydrogen-bond donors (Lipinski definition) is 1. The predicted octanol–water partition coefficient (Wildman–Crippen LogP) is 3.33. The van der Waals surface area contributed by atoms with Crippen LogP contribution in [-0.2, 0) is 14.8 Å². The summed E-state index contributed by atoms with van der Waals surface area (Å²) >= 11 is 3.26. The van der Waals surface area contributed by atoms with E-state index in [1.54, 1.807) is 12.1 Å². The maximum Gasteiger partial charge on any atom is 0.247 e. The Balaban J connectivity index is 2.22. The normalized spacial score (nSPS) is 11.5. The minimum atomic E-state index is -3.89. The van der Waals surface area contributed by atoms with Gasteiger partial charge in [0.25, 0.3) is 0 Å². The number of benzene rings is 2. The number of hydrogen-bond acceptors (Lipinski definition) is 4. The number of likely N-dealkylation sites (N-methyl/N-ethyl adjacent to an activating group) is 1. The molecule has 0 bridgehead atoms. The number of ether oxygens (including phenoxy) is 1. The largest absolute Gasteiger partial charge is 0.495 e. The molecule has 6 nitrogen and oxygen atoms in total. The molecule has 0 saturated heterocycles. The van der Waals surface area contributed by atoms with E-state index in [2.05, 4.69) is 21.2 Å². The van der Waals surface area contributed by atoms with Crippen molar-refractivity contribution in [2.75, 3.05) is 26.0 Å². The summed E-state index contributed by atoms with van der Waals surface area (Å²) < 4.78 is 32.4. The molecular formula is C18H21BrN2O4S. The number of sulfonamides is 1. The van der Waals surface area contributed by atoms with Gasteiger partial charge in [-0.15, -0.1) is 0 Å². The third-order valence-corrected chi connectivity index (χ3v) is 6.24. The van der Waals surface area contributed by atoms with Crippen LogP contribution < -0.4 is 10.1 Å². The molecule has 26 heavy (non-hydrogen) atoms. The highest BCUT2D eigenvalue weighted by Crippen LogP contribution is 2.29. The molecule has 0 aliphatic rings. The van der Waals surface area contributed by atoms with Crippen molar-refractivity contribution in [3.63, 3.8) is 0 Å². The average Bonchev–Trinajstić information content (AvgIpc) is 2.58. The molecule has 2 rings (SSSR count). The van der Waals surface area contributed by atoms with Crippen LogP contribution in [0, 0.1) is 13.8 Å². The van der Waals surface area contributed by atoms with Crippen LogP contribution in [0.3, 0.4) is 0 Å². The number of aryl methyl sites for hydroxylation is 2. The van der Waals surface area contributed by atoms with Gasteiger partial charge in [0, 0.05) is 17.2 Å². The highest BCUT2D eigenvalue weighted by molar-refractivity contribution is 9.10. The van der Waals surface area contributed by atoms with E-state index in [0.717, 1.165) is 15.4 Å². The number of rotatable bonds is 6. The Hall–Kier alpha value is -1.90. The summed E-state index contributed by atoms with van der Waals surface area (Å²) in [6.07, 6.45) is 0. The zero-order chi connectivity index (χ0) is 19.5. The molecule has 0 aromatic heterocycles. The van der Waals surface area contributed by atoms with Gasteiger partial charge < -0.3 is 10.1 Å². The maximum atomic E-state index is 12.8. The quantitative estimate of drug-likeness (QED) is 0.746. The molecule has 1 N–H and O–H groups in total. The molecule has 0 aliphatic heterocycles. The van der Waals surface area contributed by atoms with Crippen molar-refractivity contribution in [3.8, 4) is 5.75 Å². The second kappa shape index (κ2) is 8.20. The second-order valence-electron chi connectivity index (χ2n) is 5.87. The number of carbonyl (C=O) groups is 1. The van der Waals surface area contributed by atoms with E-state index in [9.17, 15) is 13.2 Å². The predicted molar refractivity (Wildman–Crippen MR) is 105 cm³/mol. The van der Waals surface area contributed by atoms with Crippen molar-refractivity contribution >= 4 is 37.5 Å². The van der Waals surface area contributed by atoms with Crippen LogP contribution in [0.4, 0.5) is 5.69 Å². The Kier molecular flexibility index (Phi) is 6.44. The molecule has 0 heterocycles. The minimum Gasteiger partial charge on any atom is -0.495 e. The van der Waals surface area contributed by atoms with Crippen LogP contribution in [0.15, 0.2) is 45.8 Å². The van der Waals surface area contributed by atoms with E-state index >= 15 is 0 Å². The standard InChI is InChI=1S/C18H21BrN2O4S/c1-12-6-5-7-13(2)18(12)20-17(22)11-21(3)26(23,24)16-10-14(19)8-9-15(16)25-4/h5-10H,11H2,1-4H3,(H,20,22). The zero-order valence-corrected chi connectivity index (χ0v) is 17.4. The summed E-state index contributed by atoms with van der Waals surface area (Å²) in [6.45, 7) is 3.45. The lowest BCUT2D eigenvalue weighted by Gasteiger charge is -2.19. The summed E-state index contributed by atoms with van der Waals surface area (Å²) in [6, 6.07) is 10.4.